The lowest BCUT2D eigenvalue weighted by atomic mass is 10.0. The van der Waals surface area contributed by atoms with Crippen molar-refractivity contribution in [2.24, 2.45) is 5.92 Å². The number of carbonyl (C=O) groups excluding carboxylic acids is 1. The molecule has 0 bridgehead atoms. The molecule has 0 aromatic rings. The minimum absolute atomic E-state index is 0.415. The number of hydrogen-bond acceptors (Lipinski definition) is 4. The average Bonchev–Trinajstić information content (AvgIpc) is 2.44. The second-order valence-corrected chi connectivity index (χ2v) is 7.43. The van der Waals surface area contributed by atoms with E-state index in [4.69, 9.17) is 4.74 Å². The molecule has 0 spiro atoms. The van der Waals surface area contributed by atoms with Crippen LogP contribution >= 0.6 is 0 Å². The van der Waals surface area contributed by atoms with Crippen molar-refractivity contribution in [2.75, 3.05) is 6.54 Å². The lowest BCUT2D eigenvalue weighted by Gasteiger charge is -2.30. The van der Waals surface area contributed by atoms with Gasteiger partial charge in [0, 0.05) is 6.54 Å². The molecular formula is C18H36N2O4. The van der Waals surface area contributed by atoms with Crippen LogP contribution in [-0.2, 0) is 9.53 Å². The van der Waals surface area contributed by atoms with Crippen molar-refractivity contribution in [3.8, 4) is 0 Å². The first-order valence-corrected chi connectivity index (χ1v) is 9.09. The summed E-state index contributed by atoms with van der Waals surface area (Å²) < 4.78 is 5.23. The topological polar surface area (TPSA) is 78.9 Å². The molecule has 0 fully saturated rings. The third kappa shape index (κ3) is 10.5. The first-order valence-electron chi connectivity index (χ1n) is 9.09. The van der Waals surface area contributed by atoms with Gasteiger partial charge in [0.2, 0.25) is 0 Å². The van der Waals surface area contributed by atoms with Crippen molar-refractivity contribution in [1.29, 1.82) is 0 Å². The van der Waals surface area contributed by atoms with Crippen molar-refractivity contribution < 1.29 is 19.4 Å². The summed E-state index contributed by atoms with van der Waals surface area (Å²) >= 11 is 0. The first kappa shape index (κ1) is 22.7. The van der Waals surface area contributed by atoms with Gasteiger partial charge in [0.1, 0.15) is 11.6 Å². The summed E-state index contributed by atoms with van der Waals surface area (Å²) in [6.45, 7) is 12.1. The van der Waals surface area contributed by atoms with Gasteiger partial charge >= 0.3 is 12.1 Å². The second-order valence-electron chi connectivity index (χ2n) is 7.43. The van der Waals surface area contributed by atoms with Crippen LogP contribution in [0.5, 0.6) is 0 Å². The molecule has 142 valence electrons. The molecule has 0 aromatic carbocycles. The molecule has 2 N–H and O–H groups in total. The van der Waals surface area contributed by atoms with Crippen LogP contribution in [0.15, 0.2) is 0 Å². The zero-order valence-corrected chi connectivity index (χ0v) is 16.2. The van der Waals surface area contributed by atoms with Crippen LogP contribution in [0.4, 0.5) is 4.79 Å². The van der Waals surface area contributed by atoms with E-state index in [-0.39, 0.29) is 0 Å². The summed E-state index contributed by atoms with van der Waals surface area (Å²) in [6, 6.07) is -0.743. The van der Waals surface area contributed by atoms with Crippen LogP contribution in [0, 0.1) is 5.92 Å². The summed E-state index contributed by atoms with van der Waals surface area (Å²) in [5, 5.41) is 10.9. The van der Waals surface area contributed by atoms with Gasteiger partial charge in [-0.15, -0.1) is 0 Å². The molecule has 6 heteroatoms. The zero-order valence-electron chi connectivity index (χ0n) is 16.2. The predicted octanol–water partition coefficient (Wildman–Crippen LogP) is 4.20. The fourth-order valence-corrected chi connectivity index (χ4v) is 2.39. The number of nitrogens with one attached hydrogen (secondary N) is 1. The van der Waals surface area contributed by atoms with Gasteiger partial charge in [0.05, 0.1) is 0 Å². The number of unbranched alkanes of at least 4 members (excludes halogenated alkanes) is 2. The molecule has 0 aliphatic rings. The van der Waals surface area contributed by atoms with E-state index in [0.717, 1.165) is 25.2 Å². The van der Waals surface area contributed by atoms with Gasteiger partial charge in [-0.3, -0.25) is 10.2 Å². The summed E-state index contributed by atoms with van der Waals surface area (Å²) in [5.41, 5.74) is 1.99. The summed E-state index contributed by atoms with van der Waals surface area (Å²) in [4.78, 5) is 23.4. The lowest BCUT2D eigenvalue weighted by Crippen LogP contribution is -2.53. The van der Waals surface area contributed by atoms with Crippen molar-refractivity contribution in [3.63, 3.8) is 0 Å². The maximum Gasteiger partial charge on any atom is 0.422 e. The lowest BCUT2D eigenvalue weighted by molar-refractivity contribution is -0.144. The normalized spacial score (nSPS) is 14.3. The summed E-state index contributed by atoms with van der Waals surface area (Å²) in [7, 11) is 0. The van der Waals surface area contributed by atoms with Crippen molar-refractivity contribution in [2.45, 2.75) is 91.7 Å². The number of ether oxygens (including phenoxy) is 1. The molecule has 0 saturated heterocycles. The highest BCUT2D eigenvalue weighted by molar-refractivity contribution is 5.74. The third-order valence-electron chi connectivity index (χ3n) is 3.97. The number of nitrogens with zero attached hydrogens (tertiary/aromatic N) is 1. The largest absolute Gasteiger partial charge is 0.480 e. The van der Waals surface area contributed by atoms with Crippen LogP contribution in [0.2, 0.25) is 0 Å². The minimum atomic E-state index is -0.937. The van der Waals surface area contributed by atoms with Crippen molar-refractivity contribution in [3.05, 3.63) is 0 Å². The first-order chi connectivity index (χ1) is 11.1. The van der Waals surface area contributed by atoms with Gasteiger partial charge in [-0.2, -0.15) is 0 Å². The minimum Gasteiger partial charge on any atom is -0.480 e. The van der Waals surface area contributed by atoms with Crippen LogP contribution in [0.1, 0.15) is 80.1 Å². The van der Waals surface area contributed by atoms with Crippen LogP contribution in [0.25, 0.3) is 0 Å². The molecule has 2 atom stereocenters. The third-order valence-corrected chi connectivity index (χ3v) is 3.97. The molecule has 0 aromatic heterocycles. The summed E-state index contributed by atoms with van der Waals surface area (Å²) in [6.07, 6.45) is 5.16. The number of hydrogen-bond donors (Lipinski definition) is 2. The number of carboxylic acid groups (broad SMARTS) is 1. The Morgan fingerprint density at radius 2 is 1.75 bits per heavy atom. The van der Waals surface area contributed by atoms with Crippen LogP contribution < -0.4 is 5.43 Å². The van der Waals surface area contributed by atoms with Gasteiger partial charge in [0.15, 0.2) is 0 Å². The Balaban J connectivity index is 4.54. The molecule has 0 saturated carbocycles. The van der Waals surface area contributed by atoms with Gasteiger partial charge in [-0.05, 0) is 39.5 Å². The second kappa shape index (κ2) is 11.3. The molecule has 2 unspecified atom stereocenters. The fraction of sp³-hybridized carbons (Fsp3) is 0.889. The number of rotatable bonds is 11. The number of carboxylic acids is 1. The van der Waals surface area contributed by atoms with E-state index in [1.165, 1.54) is 17.9 Å². The molecule has 0 radical (unpaired) electrons. The highest BCUT2D eigenvalue weighted by Crippen LogP contribution is 2.13. The Kier molecular flexibility index (Phi) is 10.7. The Bertz CT molecular complexity index is 380. The smallest absolute Gasteiger partial charge is 0.422 e. The highest BCUT2D eigenvalue weighted by Gasteiger charge is 2.27. The molecule has 0 rings (SSSR count). The zero-order chi connectivity index (χ0) is 18.8. The van der Waals surface area contributed by atoms with Crippen LogP contribution in [-0.4, -0.2) is 40.4 Å². The van der Waals surface area contributed by atoms with Gasteiger partial charge in [0.25, 0.3) is 0 Å². The van der Waals surface area contributed by atoms with E-state index in [0.29, 0.717) is 13.0 Å². The molecule has 0 aliphatic carbocycles. The van der Waals surface area contributed by atoms with E-state index in [1.54, 1.807) is 27.7 Å². The Labute approximate surface area is 146 Å². The van der Waals surface area contributed by atoms with E-state index < -0.39 is 23.7 Å². The average molecular weight is 344 g/mol. The number of amides is 1. The van der Waals surface area contributed by atoms with Gasteiger partial charge in [-0.25, -0.2) is 9.80 Å². The molecule has 0 aliphatic heterocycles. The maximum atomic E-state index is 12.0. The molecule has 6 nitrogen and oxygen atoms in total. The highest BCUT2D eigenvalue weighted by atomic mass is 16.6. The van der Waals surface area contributed by atoms with E-state index in [2.05, 4.69) is 19.3 Å². The summed E-state index contributed by atoms with van der Waals surface area (Å²) in [5.74, 6) is -0.212. The van der Waals surface area contributed by atoms with Gasteiger partial charge < -0.3 is 9.84 Å². The quantitative estimate of drug-likeness (QED) is 0.434. The predicted molar refractivity (Wildman–Crippen MR) is 95.7 cm³/mol. The number of carbonyl (C=O) groups is 2. The van der Waals surface area contributed by atoms with Crippen molar-refractivity contribution in [1.82, 2.24) is 10.4 Å². The van der Waals surface area contributed by atoms with E-state index >= 15 is 0 Å². The Morgan fingerprint density at radius 1 is 1.12 bits per heavy atom. The standard InChI is InChI=1S/C18H36N2O4/c1-7-14(3)12-10-9-11-13-20(15(8-2)16(21)22)19-17(23)24-18(4,5)6/h14-15H,7-13H2,1-6H3,(H,19,23)(H,21,22). The van der Waals surface area contributed by atoms with Crippen LogP contribution in [0.3, 0.4) is 0 Å². The Morgan fingerprint density at radius 3 is 2.21 bits per heavy atom. The monoisotopic (exact) mass is 344 g/mol. The fourth-order valence-electron chi connectivity index (χ4n) is 2.39. The maximum absolute atomic E-state index is 12.0. The number of hydrazine groups is 1. The van der Waals surface area contributed by atoms with Gasteiger partial charge in [-0.1, -0.05) is 46.5 Å². The molecule has 1 amide bonds. The molecule has 24 heavy (non-hydrogen) atoms. The van der Waals surface area contributed by atoms with E-state index in [9.17, 15) is 14.7 Å². The molecule has 0 heterocycles. The Hall–Kier alpha value is -1.30. The van der Waals surface area contributed by atoms with E-state index in [1.807, 2.05) is 0 Å². The van der Waals surface area contributed by atoms with Crippen molar-refractivity contribution >= 4 is 12.1 Å². The number of aliphatic carboxylic acids is 1. The molecular weight excluding hydrogens is 308 g/mol. The SMILES string of the molecule is CCC(C)CCCCCN(NC(=O)OC(C)(C)C)C(CC)C(=O)O.